The maximum atomic E-state index is 13.7. The van der Waals surface area contributed by atoms with Crippen molar-refractivity contribution in [1.29, 1.82) is 5.26 Å². The van der Waals surface area contributed by atoms with Crippen LogP contribution in [0.4, 0.5) is 5.69 Å². The standard InChI is InChI=1S/C28H26N4O4/c1-17-11-21(36-20-5-3-2-4-6-20)9-10-23(17)27(34)24-14-31-28-25(24)26(18(12-29)13-30-28)32-19-7-8-22(15-33)35-16-19/h2-6,9-11,13-14,19,22,33H,7-8,15-16H2,1H3,(H2,30,31,32)/t19-,22+/m1/s1. The number of aryl methyl sites for hydroxylation is 1. The third kappa shape index (κ3) is 4.67. The number of aromatic nitrogens is 2. The van der Waals surface area contributed by atoms with E-state index >= 15 is 0 Å². The number of fused-ring (bicyclic) bond motifs is 1. The summed E-state index contributed by atoms with van der Waals surface area (Å²) in [7, 11) is 0. The van der Waals surface area contributed by atoms with Crippen LogP contribution < -0.4 is 10.1 Å². The number of carbonyl (C=O) groups excluding carboxylic acids is 1. The number of H-pyrrole nitrogens is 1. The minimum atomic E-state index is -0.176. The van der Waals surface area contributed by atoms with Gasteiger partial charge >= 0.3 is 0 Å². The number of aliphatic hydroxyl groups excluding tert-OH is 1. The molecule has 1 aliphatic rings. The molecule has 4 aromatic rings. The zero-order chi connectivity index (χ0) is 25.1. The van der Waals surface area contributed by atoms with Gasteiger partial charge in [-0.2, -0.15) is 5.26 Å². The van der Waals surface area contributed by atoms with Crippen molar-refractivity contribution in [2.24, 2.45) is 0 Å². The van der Waals surface area contributed by atoms with E-state index in [0.717, 1.165) is 17.7 Å². The number of nitrogens with one attached hydrogen (secondary N) is 2. The van der Waals surface area contributed by atoms with Crippen LogP contribution in [0.15, 0.2) is 60.9 Å². The minimum absolute atomic E-state index is 0.0132. The number of nitriles is 1. The first-order valence-electron chi connectivity index (χ1n) is 11.8. The Labute approximate surface area is 208 Å². The smallest absolute Gasteiger partial charge is 0.195 e. The fourth-order valence-corrected chi connectivity index (χ4v) is 4.50. The highest BCUT2D eigenvalue weighted by Gasteiger charge is 2.25. The van der Waals surface area contributed by atoms with Crippen molar-refractivity contribution in [2.45, 2.75) is 31.9 Å². The molecule has 0 radical (unpaired) electrons. The first-order valence-corrected chi connectivity index (χ1v) is 11.8. The zero-order valence-electron chi connectivity index (χ0n) is 19.8. The van der Waals surface area contributed by atoms with E-state index < -0.39 is 0 Å². The summed E-state index contributed by atoms with van der Waals surface area (Å²) in [6, 6.07) is 17.0. The normalized spacial score (nSPS) is 17.5. The van der Waals surface area contributed by atoms with Gasteiger partial charge in [0, 0.05) is 24.0 Å². The molecule has 2 atom stereocenters. The third-order valence-electron chi connectivity index (χ3n) is 6.41. The number of ketones is 1. The molecule has 1 aliphatic heterocycles. The summed E-state index contributed by atoms with van der Waals surface area (Å²) in [5.41, 5.74) is 3.18. The van der Waals surface area contributed by atoms with Crippen molar-refractivity contribution in [2.75, 3.05) is 18.5 Å². The Hall–Kier alpha value is -4.19. The highest BCUT2D eigenvalue weighted by molar-refractivity contribution is 6.19. The van der Waals surface area contributed by atoms with Crippen molar-refractivity contribution in [3.05, 3.63) is 83.2 Å². The Morgan fingerprint density at radius 1 is 1.22 bits per heavy atom. The highest BCUT2D eigenvalue weighted by atomic mass is 16.5. The molecule has 5 rings (SSSR count). The van der Waals surface area contributed by atoms with Crippen LogP contribution in [0.2, 0.25) is 0 Å². The van der Waals surface area contributed by atoms with Gasteiger partial charge in [-0.3, -0.25) is 4.79 Å². The second-order valence-electron chi connectivity index (χ2n) is 8.86. The molecule has 182 valence electrons. The van der Waals surface area contributed by atoms with E-state index in [2.05, 4.69) is 21.4 Å². The van der Waals surface area contributed by atoms with E-state index in [-0.39, 0.29) is 24.5 Å². The number of para-hydroxylation sites is 1. The second kappa shape index (κ2) is 10.2. The number of nitrogens with zero attached hydrogens (tertiary/aromatic N) is 2. The van der Waals surface area contributed by atoms with Gasteiger partial charge in [-0.15, -0.1) is 0 Å². The average Bonchev–Trinajstić information content (AvgIpc) is 3.34. The lowest BCUT2D eigenvalue weighted by Gasteiger charge is -2.29. The number of aromatic amines is 1. The number of hydrogen-bond donors (Lipinski definition) is 3. The van der Waals surface area contributed by atoms with Crippen LogP contribution in [0.5, 0.6) is 11.5 Å². The summed E-state index contributed by atoms with van der Waals surface area (Å²) in [4.78, 5) is 21.1. The number of pyridine rings is 1. The molecule has 0 spiro atoms. The Balaban J connectivity index is 1.47. The van der Waals surface area contributed by atoms with Gasteiger partial charge in [0.15, 0.2) is 5.78 Å². The van der Waals surface area contributed by atoms with E-state index in [0.29, 0.717) is 52.2 Å². The molecule has 8 heteroatoms. The molecule has 0 unspecified atom stereocenters. The van der Waals surface area contributed by atoms with E-state index in [9.17, 15) is 15.2 Å². The van der Waals surface area contributed by atoms with Gasteiger partial charge in [0.1, 0.15) is 23.2 Å². The van der Waals surface area contributed by atoms with Gasteiger partial charge in [0.2, 0.25) is 0 Å². The number of benzene rings is 2. The number of aliphatic hydroxyl groups is 1. The molecule has 0 amide bonds. The number of anilines is 1. The average molecular weight is 483 g/mol. The van der Waals surface area contributed by atoms with Crippen LogP contribution in [0.1, 0.15) is 39.9 Å². The van der Waals surface area contributed by atoms with Gasteiger partial charge in [-0.05, 0) is 55.7 Å². The molecule has 8 nitrogen and oxygen atoms in total. The Morgan fingerprint density at radius 2 is 2.06 bits per heavy atom. The lowest BCUT2D eigenvalue weighted by molar-refractivity contribution is -0.0223. The van der Waals surface area contributed by atoms with Crippen molar-refractivity contribution < 1.29 is 19.4 Å². The predicted molar refractivity (Wildman–Crippen MR) is 135 cm³/mol. The lowest BCUT2D eigenvalue weighted by atomic mass is 9.97. The maximum absolute atomic E-state index is 13.7. The first kappa shape index (κ1) is 23.5. The summed E-state index contributed by atoms with van der Waals surface area (Å²) in [5, 5.41) is 23.1. The zero-order valence-corrected chi connectivity index (χ0v) is 19.8. The summed E-state index contributed by atoms with van der Waals surface area (Å²) in [6.07, 6.45) is 4.45. The molecule has 3 N–H and O–H groups in total. The molecular formula is C28H26N4O4. The topological polar surface area (TPSA) is 120 Å². The maximum Gasteiger partial charge on any atom is 0.195 e. The van der Waals surface area contributed by atoms with Crippen molar-refractivity contribution in [1.82, 2.24) is 9.97 Å². The fourth-order valence-electron chi connectivity index (χ4n) is 4.50. The molecule has 0 bridgehead atoms. The van der Waals surface area contributed by atoms with Gasteiger partial charge < -0.3 is 24.9 Å². The first-order chi connectivity index (χ1) is 17.6. The molecule has 2 aromatic carbocycles. The van der Waals surface area contributed by atoms with E-state index in [1.807, 2.05) is 43.3 Å². The number of rotatable bonds is 7. The summed E-state index contributed by atoms with van der Waals surface area (Å²) < 4.78 is 11.6. The number of hydrogen-bond acceptors (Lipinski definition) is 7. The Bertz CT molecular complexity index is 1430. The number of ether oxygens (including phenoxy) is 2. The quantitative estimate of drug-likeness (QED) is 0.326. The van der Waals surface area contributed by atoms with Crippen LogP contribution in [0, 0.1) is 18.3 Å². The van der Waals surface area contributed by atoms with Gasteiger partial charge in [0.05, 0.1) is 41.5 Å². The van der Waals surface area contributed by atoms with Crippen LogP contribution in [-0.4, -0.2) is 46.2 Å². The summed E-state index contributed by atoms with van der Waals surface area (Å²) >= 11 is 0. The Kier molecular flexibility index (Phi) is 6.67. The molecule has 0 saturated carbocycles. The Morgan fingerprint density at radius 3 is 2.75 bits per heavy atom. The monoisotopic (exact) mass is 482 g/mol. The van der Waals surface area contributed by atoms with Gasteiger partial charge in [-0.25, -0.2) is 4.98 Å². The predicted octanol–water partition coefficient (Wildman–Crippen LogP) is 4.72. The third-order valence-corrected chi connectivity index (χ3v) is 6.41. The fraction of sp³-hybridized carbons (Fsp3) is 0.250. The van der Waals surface area contributed by atoms with Gasteiger partial charge in [0.25, 0.3) is 0 Å². The SMILES string of the molecule is Cc1cc(Oc2ccccc2)ccc1C(=O)c1c[nH]c2ncc(C#N)c(N[C@@H]3CC[C@@H](CO)OC3)c12. The highest BCUT2D eigenvalue weighted by Crippen LogP contribution is 2.33. The second-order valence-corrected chi connectivity index (χ2v) is 8.86. The van der Waals surface area contributed by atoms with E-state index in [1.54, 1.807) is 18.3 Å². The molecule has 2 aromatic heterocycles. The summed E-state index contributed by atoms with van der Waals surface area (Å²) in [6.45, 7) is 2.26. The molecular weight excluding hydrogens is 456 g/mol. The number of carbonyl (C=O) groups is 1. The van der Waals surface area contributed by atoms with Crippen LogP contribution in [-0.2, 0) is 4.74 Å². The summed E-state index contributed by atoms with van der Waals surface area (Å²) in [5.74, 6) is 1.18. The van der Waals surface area contributed by atoms with Gasteiger partial charge in [-0.1, -0.05) is 18.2 Å². The van der Waals surface area contributed by atoms with Crippen molar-refractivity contribution >= 4 is 22.5 Å². The van der Waals surface area contributed by atoms with Crippen molar-refractivity contribution in [3.63, 3.8) is 0 Å². The van der Waals surface area contributed by atoms with Crippen LogP contribution >= 0.6 is 0 Å². The molecule has 36 heavy (non-hydrogen) atoms. The molecule has 3 heterocycles. The molecule has 1 fully saturated rings. The van der Waals surface area contributed by atoms with Crippen LogP contribution in [0.3, 0.4) is 0 Å². The largest absolute Gasteiger partial charge is 0.457 e. The van der Waals surface area contributed by atoms with E-state index in [1.165, 1.54) is 6.20 Å². The van der Waals surface area contributed by atoms with E-state index in [4.69, 9.17) is 9.47 Å². The molecule has 1 saturated heterocycles. The minimum Gasteiger partial charge on any atom is -0.457 e. The lowest BCUT2D eigenvalue weighted by Crippen LogP contribution is -2.36. The van der Waals surface area contributed by atoms with Crippen molar-refractivity contribution in [3.8, 4) is 17.6 Å². The molecule has 0 aliphatic carbocycles. The van der Waals surface area contributed by atoms with Crippen LogP contribution in [0.25, 0.3) is 11.0 Å².